The molecule has 0 aliphatic carbocycles. The maximum absolute atomic E-state index is 3.60. The summed E-state index contributed by atoms with van der Waals surface area (Å²) in [6, 6.07) is 0.263. The van der Waals surface area contributed by atoms with Crippen molar-refractivity contribution >= 4 is 0 Å². The van der Waals surface area contributed by atoms with Crippen molar-refractivity contribution in [1.82, 2.24) is 10.6 Å². The van der Waals surface area contributed by atoms with Crippen LogP contribution in [0.2, 0.25) is 0 Å². The van der Waals surface area contributed by atoms with Gasteiger partial charge < -0.3 is 16.0 Å². The molecule has 1 atom stereocenters. The van der Waals surface area contributed by atoms with E-state index in [9.17, 15) is 0 Å². The van der Waals surface area contributed by atoms with Crippen LogP contribution in [0.3, 0.4) is 0 Å². The number of likely N-dealkylation sites (N-methyl/N-ethyl adjacent to an activating group) is 2. The summed E-state index contributed by atoms with van der Waals surface area (Å²) in [5.41, 5.74) is 6.38. The fourth-order valence-electron chi connectivity index (χ4n) is 3.37. The van der Waals surface area contributed by atoms with Gasteiger partial charge in [0.15, 0.2) is 0 Å². The Morgan fingerprint density at radius 1 is 0.745 bits per heavy atom. The summed E-state index contributed by atoms with van der Waals surface area (Å²) in [7, 11) is 4.13. The lowest BCUT2D eigenvalue weighted by Crippen LogP contribution is -2.77. The van der Waals surface area contributed by atoms with Crippen molar-refractivity contribution in [2.75, 3.05) is 14.1 Å². The first-order valence-electron chi connectivity index (χ1n) is 20.1. The van der Waals surface area contributed by atoms with Gasteiger partial charge in [0.25, 0.3) is 0 Å². The highest BCUT2D eigenvalue weighted by molar-refractivity contribution is 5.33. The number of hydrogen-bond donors (Lipinski definition) is 3. The lowest BCUT2D eigenvalue weighted by atomic mass is 9.80. The number of unbranched alkanes of at least 4 members (excludes halogenated alkanes) is 1. The van der Waals surface area contributed by atoms with E-state index in [0.717, 1.165) is 12.1 Å². The normalized spacial score (nSPS) is 13.0. The Bertz CT molecular complexity index is 984. The number of rotatable bonds is 15. The highest BCUT2D eigenvalue weighted by atomic mass is 14.9. The van der Waals surface area contributed by atoms with Crippen molar-refractivity contribution in [1.29, 1.82) is 0 Å². The molecule has 0 heterocycles. The molecule has 4 N–H and O–H groups in total. The van der Waals surface area contributed by atoms with E-state index < -0.39 is 0 Å². The number of allylic oxidation sites excluding steroid dienone is 15. The van der Waals surface area contributed by atoms with E-state index >= 15 is 0 Å². The van der Waals surface area contributed by atoms with Gasteiger partial charge in [-0.1, -0.05) is 163 Å². The van der Waals surface area contributed by atoms with Crippen LogP contribution in [0.4, 0.5) is 0 Å². The van der Waals surface area contributed by atoms with Crippen LogP contribution >= 0.6 is 0 Å². The number of nitrogens with one attached hydrogen (secondary N) is 2. The highest BCUT2D eigenvalue weighted by Gasteiger charge is 2.22. The molecular formula is C48H94N3+. The molecule has 0 saturated heterocycles. The monoisotopic (exact) mass is 713 g/mol. The summed E-state index contributed by atoms with van der Waals surface area (Å²) in [6.07, 6.45) is 33.1. The molecule has 3 heteroatoms. The molecule has 0 rings (SSSR count). The van der Waals surface area contributed by atoms with Crippen LogP contribution in [-0.4, -0.2) is 20.1 Å². The van der Waals surface area contributed by atoms with Crippen LogP contribution in [0.15, 0.2) is 120 Å². The molecule has 0 aliphatic heterocycles. The average Bonchev–Trinajstić information content (AvgIpc) is 3.16. The molecule has 3 nitrogen and oxygen atoms in total. The van der Waals surface area contributed by atoms with E-state index in [2.05, 4.69) is 153 Å². The molecule has 0 bridgehead atoms. The summed E-state index contributed by atoms with van der Waals surface area (Å²) < 4.78 is 0. The maximum Gasteiger partial charge on any atom is 0.128 e. The van der Waals surface area contributed by atoms with Crippen LogP contribution in [-0.2, 0) is 0 Å². The second-order valence-corrected chi connectivity index (χ2v) is 11.6. The number of nitrogens with two attached hydrogens (primary N) is 1. The molecule has 0 saturated carbocycles. The van der Waals surface area contributed by atoms with Crippen molar-refractivity contribution in [3.8, 4) is 0 Å². The lowest BCUT2D eigenvalue weighted by Gasteiger charge is -2.25. The van der Waals surface area contributed by atoms with Crippen LogP contribution in [0.5, 0.6) is 0 Å². The Hall–Kier alpha value is -2.88. The number of quaternary nitrogens is 1. The minimum Gasteiger partial charge on any atom is -0.359 e. The second-order valence-electron chi connectivity index (χ2n) is 11.6. The van der Waals surface area contributed by atoms with Gasteiger partial charge in [-0.05, 0) is 110 Å². The van der Waals surface area contributed by atoms with Crippen molar-refractivity contribution in [2.45, 2.75) is 164 Å². The van der Waals surface area contributed by atoms with Crippen molar-refractivity contribution in [2.24, 2.45) is 11.3 Å². The van der Waals surface area contributed by atoms with Crippen molar-refractivity contribution in [3.05, 3.63) is 120 Å². The Morgan fingerprint density at radius 2 is 1.24 bits per heavy atom. The first-order valence-corrected chi connectivity index (χ1v) is 20.1. The van der Waals surface area contributed by atoms with Crippen LogP contribution in [0, 0.1) is 11.3 Å². The summed E-state index contributed by atoms with van der Waals surface area (Å²) >= 11 is 0. The number of hydrogen-bond acceptors (Lipinski definition) is 2. The zero-order valence-electron chi connectivity index (χ0n) is 38.6. The molecule has 0 amide bonds. The van der Waals surface area contributed by atoms with Gasteiger partial charge in [-0.15, -0.1) is 6.58 Å². The molecule has 300 valence electrons. The molecule has 0 aliphatic rings. The quantitative estimate of drug-likeness (QED) is 0.117. The fraction of sp³-hybridized carbons (Fsp3) is 0.583. The van der Waals surface area contributed by atoms with Gasteiger partial charge >= 0.3 is 0 Å². The molecule has 0 fully saturated rings. The van der Waals surface area contributed by atoms with Crippen LogP contribution in [0.1, 0.15) is 158 Å². The van der Waals surface area contributed by atoms with Gasteiger partial charge in [0, 0.05) is 17.4 Å². The second kappa shape index (κ2) is 51.5. The molecule has 0 aromatic carbocycles. The molecule has 1 unspecified atom stereocenters. The third-order valence-electron chi connectivity index (χ3n) is 7.07. The zero-order chi connectivity index (χ0) is 41.7. The van der Waals surface area contributed by atoms with Gasteiger partial charge in [0.2, 0.25) is 0 Å². The first kappa shape index (κ1) is 63.2. The SMILES string of the molecule is C/C=C\C.C=CC.CC.CC.CC.CCCC.C\C=C/C=C\C(=C/C)N/C(=C/C=C(/C=C/CC(C)(C)/C(C)=C(/C=C\C)[NH2+]C)C(C)NC)C(C)C. The largest absolute Gasteiger partial charge is 0.359 e. The summed E-state index contributed by atoms with van der Waals surface area (Å²) in [6.45, 7) is 45.3. The van der Waals surface area contributed by atoms with Crippen molar-refractivity contribution < 1.29 is 5.32 Å². The van der Waals surface area contributed by atoms with Crippen molar-refractivity contribution in [3.63, 3.8) is 0 Å². The van der Waals surface area contributed by atoms with E-state index in [1.54, 1.807) is 6.08 Å². The molecule has 0 aromatic rings. The Morgan fingerprint density at radius 3 is 1.57 bits per heavy atom. The molecule has 0 aromatic heterocycles. The summed E-state index contributed by atoms with van der Waals surface area (Å²) in [5.74, 6) is 0.387. The fourth-order valence-corrected chi connectivity index (χ4v) is 3.37. The maximum atomic E-state index is 3.60. The Labute approximate surface area is 324 Å². The van der Waals surface area contributed by atoms with Crippen LogP contribution < -0.4 is 16.0 Å². The summed E-state index contributed by atoms with van der Waals surface area (Å²) in [4.78, 5) is 0. The molecule has 0 radical (unpaired) electrons. The Balaban J connectivity index is -0.000000191. The molecule has 0 spiro atoms. The van der Waals surface area contributed by atoms with E-state index in [1.165, 1.54) is 35.4 Å². The third-order valence-corrected chi connectivity index (χ3v) is 7.07. The van der Waals surface area contributed by atoms with Gasteiger partial charge in [0.1, 0.15) is 5.70 Å². The summed E-state index contributed by atoms with van der Waals surface area (Å²) in [5, 5.41) is 9.19. The van der Waals surface area contributed by atoms with Gasteiger partial charge in [-0.25, -0.2) is 0 Å². The first-order chi connectivity index (χ1) is 24.3. The topological polar surface area (TPSA) is 40.7 Å². The third kappa shape index (κ3) is 43.2. The molecular weight excluding hydrogens is 619 g/mol. The minimum absolute atomic E-state index is 0.0897. The predicted molar refractivity (Wildman–Crippen MR) is 244 cm³/mol. The van der Waals surface area contributed by atoms with Gasteiger partial charge in [-0.2, -0.15) is 0 Å². The Kier molecular flexibility index (Phi) is 63.8. The van der Waals surface area contributed by atoms with Crippen LogP contribution in [0.25, 0.3) is 0 Å². The van der Waals surface area contributed by atoms with E-state index in [0.29, 0.717) is 5.92 Å². The van der Waals surface area contributed by atoms with E-state index in [4.69, 9.17) is 0 Å². The highest BCUT2D eigenvalue weighted by Crippen LogP contribution is 2.32. The van der Waals surface area contributed by atoms with E-state index in [-0.39, 0.29) is 11.5 Å². The van der Waals surface area contributed by atoms with E-state index in [1.807, 2.05) is 101 Å². The average molecular weight is 713 g/mol. The predicted octanol–water partition coefficient (Wildman–Crippen LogP) is 14.4. The minimum atomic E-state index is 0.0897. The molecule has 51 heavy (non-hydrogen) atoms. The lowest BCUT2D eigenvalue weighted by molar-refractivity contribution is -0.572. The zero-order valence-corrected chi connectivity index (χ0v) is 38.6. The van der Waals surface area contributed by atoms with Gasteiger partial charge in [-0.3, -0.25) is 0 Å². The smallest absolute Gasteiger partial charge is 0.128 e. The standard InChI is InChI=1S/C31H51N3.C4H10.C4H8.C3H6.3C2H6/c1-12-15-16-20-28(14-3)34-29(24(4)5)22-21-27(26(7)32-10)19-17-23-31(8,9)25(6)30(33-11)18-13-2;2*1-3-4-2;1-3-2;3*1-2/h12-22,24,26,32-34H,23H2,1-11H3;3-4H2,1-2H3;3-4H,1-2H3;3H,1H2,2H3;3*1-2H3/p+1/b15-12-,18-13-,19-17+,20-16-,27-21-,28-14+,29-22+,30-25-;;4-3-;;;;. The van der Waals surface area contributed by atoms with Gasteiger partial charge in [0.05, 0.1) is 7.05 Å².